The van der Waals surface area contributed by atoms with E-state index in [4.69, 9.17) is 0 Å². The molecule has 0 unspecified atom stereocenters. The average Bonchev–Trinajstić information content (AvgIpc) is 2.36. The fraction of sp³-hybridized carbons (Fsp3) is 0.700. The summed E-state index contributed by atoms with van der Waals surface area (Å²) in [6.45, 7) is 18.0. The second-order valence-corrected chi connectivity index (χ2v) is 8.04. The van der Waals surface area contributed by atoms with Gasteiger partial charge in [0.2, 0.25) is 0 Å². The van der Waals surface area contributed by atoms with Crippen molar-refractivity contribution < 1.29 is 0 Å². The van der Waals surface area contributed by atoms with Crippen LogP contribution in [0.25, 0.3) is 0 Å². The van der Waals surface area contributed by atoms with Gasteiger partial charge in [0.15, 0.2) is 0 Å². The lowest BCUT2D eigenvalue weighted by molar-refractivity contribution is -0.0510. The first-order chi connectivity index (χ1) is 9.31. The quantitative estimate of drug-likeness (QED) is 0.417. The molecule has 0 aromatic carbocycles. The van der Waals surface area contributed by atoms with E-state index >= 15 is 0 Å². The molecule has 20 heavy (non-hydrogen) atoms. The Morgan fingerprint density at radius 2 is 2.00 bits per heavy atom. The first kappa shape index (κ1) is 15.6. The van der Waals surface area contributed by atoms with E-state index in [1.165, 1.54) is 43.3 Å². The largest absolute Gasteiger partial charge is 0.0995 e. The van der Waals surface area contributed by atoms with Gasteiger partial charge in [0.25, 0.3) is 0 Å². The molecule has 2 aliphatic carbocycles. The van der Waals surface area contributed by atoms with Crippen LogP contribution in [0.15, 0.2) is 36.5 Å². The van der Waals surface area contributed by atoms with Crippen LogP contribution >= 0.6 is 0 Å². The van der Waals surface area contributed by atoms with E-state index in [9.17, 15) is 0 Å². The van der Waals surface area contributed by atoms with Gasteiger partial charge >= 0.3 is 0 Å². The van der Waals surface area contributed by atoms with E-state index in [-0.39, 0.29) is 0 Å². The third-order valence-corrected chi connectivity index (χ3v) is 6.32. The maximum atomic E-state index is 4.43. The summed E-state index contributed by atoms with van der Waals surface area (Å²) in [6.07, 6.45) is 12.2. The Morgan fingerprint density at radius 1 is 1.30 bits per heavy atom. The molecule has 2 rings (SSSR count). The average molecular weight is 272 g/mol. The molecule has 0 aromatic heterocycles. The van der Waals surface area contributed by atoms with Crippen molar-refractivity contribution in [1.82, 2.24) is 0 Å². The van der Waals surface area contributed by atoms with Crippen LogP contribution < -0.4 is 0 Å². The molecule has 2 aliphatic rings. The highest BCUT2D eigenvalue weighted by Crippen LogP contribution is 2.61. The Morgan fingerprint density at radius 3 is 2.65 bits per heavy atom. The fourth-order valence-electron chi connectivity index (χ4n) is 5.10. The number of fused-ring (bicyclic) bond motifs is 1. The summed E-state index contributed by atoms with van der Waals surface area (Å²) in [5.41, 5.74) is 3.76. The molecule has 0 aromatic rings. The molecular weight excluding hydrogens is 240 g/mol. The number of allylic oxidation sites excluding steroid dienone is 4. The van der Waals surface area contributed by atoms with Crippen molar-refractivity contribution in [2.45, 2.75) is 66.2 Å². The lowest BCUT2D eigenvalue weighted by atomic mass is 9.47. The lowest BCUT2D eigenvalue weighted by Crippen LogP contribution is -2.49. The van der Waals surface area contributed by atoms with Gasteiger partial charge in [-0.05, 0) is 61.7 Å². The van der Waals surface area contributed by atoms with E-state index in [1.807, 2.05) is 6.08 Å². The van der Waals surface area contributed by atoms with Gasteiger partial charge in [-0.3, -0.25) is 0 Å². The Kier molecular flexibility index (Phi) is 4.33. The summed E-state index contributed by atoms with van der Waals surface area (Å²) in [5, 5.41) is 0. The van der Waals surface area contributed by atoms with Crippen LogP contribution in [0.3, 0.4) is 0 Å². The van der Waals surface area contributed by atoms with E-state index in [2.05, 4.69) is 46.9 Å². The third kappa shape index (κ3) is 2.67. The molecule has 0 aliphatic heterocycles. The van der Waals surface area contributed by atoms with Crippen molar-refractivity contribution in [3.8, 4) is 0 Å². The number of rotatable bonds is 3. The molecule has 2 fully saturated rings. The summed E-state index contributed by atoms with van der Waals surface area (Å²) in [4.78, 5) is 0. The fourth-order valence-corrected chi connectivity index (χ4v) is 5.10. The second kappa shape index (κ2) is 5.54. The highest BCUT2D eigenvalue weighted by molar-refractivity contribution is 5.20. The summed E-state index contributed by atoms with van der Waals surface area (Å²) >= 11 is 0. The van der Waals surface area contributed by atoms with Crippen LogP contribution in [0.4, 0.5) is 0 Å². The predicted octanol–water partition coefficient (Wildman–Crippen LogP) is 6.31. The Hall–Kier alpha value is -0.780. The maximum Gasteiger partial charge on any atom is -0.0114 e. The van der Waals surface area contributed by atoms with Gasteiger partial charge in [-0.1, -0.05) is 63.6 Å². The van der Waals surface area contributed by atoms with Crippen molar-refractivity contribution in [3.63, 3.8) is 0 Å². The Labute approximate surface area is 126 Å². The van der Waals surface area contributed by atoms with Gasteiger partial charge in [0.1, 0.15) is 0 Å². The lowest BCUT2D eigenvalue weighted by Gasteiger charge is -2.58. The van der Waals surface area contributed by atoms with Crippen molar-refractivity contribution in [2.75, 3.05) is 0 Å². The summed E-state index contributed by atoms with van der Waals surface area (Å²) in [7, 11) is 0. The van der Waals surface area contributed by atoms with Crippen LogP contribution in [0.1, 0.15) is 66.2 Å². The SMILES string of the molecule is C=C/C(C)=C\C[C@@H]1C(=C)CC[C@@H]2C(C)(C)CCC[C@@]12C. The minimum absolute atomic E-state index is 0.453. The zero-order valence-corrected chi connectivity index (χ0v) is 14.0. The zero-order chi connectivity index (χ0) is 15.0. The summed E-state index contributed by atoms with van der Waals surface area (Å²) in [5.74, 6) is 1.52. The molecule has 0 saturated heterocycles. The first-order valence-corrected chi connectivity index (χ1v) is 8.28. The van der Waals surface area contributed by atoms with E-state index < -0.39 is 0 Å². The van der Waals surface area contributed by atoms with Gasteiger partial charge in [-0.2, -0.15) is 0 Å². The van der Waals surface area contributed by atoms with E-state index in [0.717, 1.165) is 12.3 Å². The van der Waals surface area contributed by atoms with Gasteiger partial charge in [0.05, 0.1) is 0 Å². The standard InChI is InChI=1S/C20H32/c1-7-15(2)9-11-17-16(3)10-12-18-19(4,5)13-8-14-20(17,18)6/h7,9,17-18H,1,3,8,10-14H2,2,4-6H3/b15-9-/t17-,18-,20+/m1/s1. The van der Waals surface area contributed by atoms with Gasteiger partial charge in [0, 0.05) is 0 Å². The van der Waals surface area contributed by atoms with Crippen LogP contribution in [-0.2, 0) is 0 Å². The van der Waals surface area contributed by atoms with Gasteiger partial charge in [-0.15, -0.1) is 0 Å². The topological polar surface area (TPSA) is 0 Å². The molecule has 0 amide bonds. The van der Waals surface area contributed by atoms with Gasteiger partial charge < -0.3 is 0 Å². The molecule has 0 heterocycles. The van der Waals surface area contributed by atoms with Crippen molar-refractivity contribution in [1.29, 1.82) is 0 Å². The number of hydrogen-bond acceptors (Lipinski definition) is 0. The molecule has 0 heteroatoms. The summed E-state index contributed by atoms with van der Waals surface area (Å²) < 4.78 is 0. The van der Waals surface area contributed by atoms with Crippen LogP contribution in [0.2, 0.25) is 0 Å². The molecule has 0 bridgehead atoms. The first-order valence-electron chi connectivity index (χ1n) is 8.28. The van der Waals surface area contributed by atoms with Crippen LogP contribution in [0.5, 0.6) is 0 Å². The normalized spacial score (nSPS) is 37.4. The zero-order valence-electron chi connectivity index (χ0n) is 14.0. The van der Waals surface area contributed by atoms with Crippen LogP contribution in [-0.4, -0.2) is 0 Å². The predicted molar refractivity (Wildman–Crippen MR) is 89.7 cm³/mol. The van der Waals surface area contributed by atoms with Crippen LogP contribution in [0, 0.1) is 22.7 Å². The highest BCUT2D eigenvalue weighted by Gasteiger charge is 2.52. The molecule has 0 N–H and O–H groups in total. The molecule has 2 saturated carbocycles. The molecule has 3 atom stereocenters. The smallest absolute Gasteiger partial charge is 0.0114 e. The van der Waals surface area contributed by atoms with E-state index in [1.54, 1.807) is 0 Å². The molecule has 0 nitrogen and oxygen atoms in total. The summed E-state index contributed by atoms with van der Waals surface area (Å²) in [6, 6.07) is 0. The van der Waals surface area contributed by atoms with Crippen molar-refractivity contribution in [3.05, 3.63) is 36.5 Å². The second-order valence-electron chi connectivity index (χ2n) is 8.04. The minimum Gasteiger partial charge on any atom is -0.0995 e. The van der Waals surface area contributed by atoms with Gasteiger partial charge in [-0.25, -0.2) is 0 Å². The van der Waals surface area contributed by atoms with Crippen molar-refractivity contribution >= 4 is 0 Å². The minimum atomic E-state index is 0.453. The maximum absolute atomic E-state index is 4.43. The van der Waals surface area contributed by atoms with E-state index in [0.29, 0.717) is 16.7 Å². The number of hydrogen-bond donors (Lipinski definition) is 0. The monoisotopic (exact) mass is 272 g/mol. The molecular formula is C20H32. The molecule has 0 radical (unpaired) electrons. The van der Waals surface area contributed by atoms with Crippen molar-refractivity contribution in [2.24, 2.45) is 22.7 Å². The molecule has 112 valence electrons. The Bertz CT molecular complexity index is 423. The highest BCUT2D eigenvalue weighted by atomic mass is 14.6. The Balaban J connectivity index is 2.28. The third-order valence-electron chi connectivity index (χ3n) is 6.32. The molecule has 0 spiro atoms.